The summed E-state index contributed by atoms with van der Waals surface area (Å²) in [5, 5.41) is 0. The molecule has 0 nitrogen and oxygen atoms in total. The Bertz CT molecular complexity index is 275. The molecule has 0 aromatic carbocycles. The summed E-state index contributed by atoms with van der Waals surface area (Å²) in [6, 6.07) is 0. The fourth-order valence-electron chi connectivity index (χ4n) is 3.71. The van der Waals surface area contributed by atoms with Crippen molar-refractivity contribution in [1.29, 1.82) is 0 Å². The fraction of sp³-hybridized carbons (Fsp3) is 0.857. The van der Waals surface area contributed by atoms with E-state index in [9.17, 15) is 0 Å². The topological polar surface area (TPSA) is 0 Å². The van der Waals surface area contributed by atoms with Gasteiger partial charge in [-0.3, -0.25) is 0 Å². The summed E-state index contributed by atoms with van der Waals surface area (Å²) >= 11 is 0. The lowest BCUT2D eigenvalue weighted by molar-refractivity contribution is -0.0683. The molecule has 0 spiro atoms. The van der Waals surface area contributed by atoms with E-state index in [0.717, 1.165) is 17.8 Å². The van der Waals surface area contributed by atoms with Gasteiger partial charge >= 0.3 is 0 Å². The number of hydrogen-bond donors (Lipinski definition) is 0. The molecule has 2 bridgehead atoms. The van der Waals surface area contributed by atoms with Crippen LogP contribution in [0.5, 0.6) is 0 Å². The molecule has 14 heavy (non-hydrogen) atoms. The van der Waals surface area contributed by atoms with Crippen molar-refractivity contribution in [2.24, 2.45) is 28.6 Å². The smallest absolute Gasteiger partial charge is 0.0148 e. The number of fused-ring (bicyclic) bond motifs is 1. The Morgan fingerprint density at radius 2 is 1.86 bits per heavy atom. The zero-order valence-electron chi connectivity index (χ0n) is 10.5. The average molecular weight is 192 g/mol. The molecular weight excluding hydrogens is 168 g/mol. The van der Waals surface area contributed by atoms with Gasteiger partial charge < -0.3 is 0 Å². The maximum absolute atomic E-state index is 2.56. The van der Waals surface area contributed by atoms with E-state index >= 15 is 0 Å². The standard InChI is InChI=1S/C14H24/c1-9-7-11(13(2,3)4)12-8-10(9)14(12,5)6/h7,10-12H,8H2,1-6H3. The van der Waals surface area contributed by atoms with Crippen molar-refractivity contribution in [1.82, 2.24) is 0 Å². The van der Waals surface area contributed by atoms with Gasteiger partial charge in [-0.25, -0.2) is 0 Å². The Hall–Kier alpha value is -0.260. The molecule has 1 fully saturated rings. The number of allylic oxidation sites excluding steroid dienone is 2. The monoisotopic (exact) mass is 192 g/mol. The third-order valence-corrected chi connectivity index (χ3v) is 4.77. The molecule has 0 aromatic rings. The second-order valence-electron chi connectivity index (χ2n) is 7.02. The van der Waals surface area contributed by atoms with Gasteiger partial charge in [0.1, 0.15) is 0 Å². The highest BCUT2D eigenvalue weighted by atomic mass is 14.6. The summed E-state index contributed by atoms with van der Waals surface area (Å²) in [5.74, 6) is 2.60. The number of hydrogen-bond acceptors (Lipinski definition) is 0. The maximum atomic E-state index is 2.56. The Balaban J connectivity index is 2.35. The van der Waals surface area contributed by atoms with E-state index in [-0.39, 0.29) is 0 Å². The molecule has 0 heteroatoms. The van der Waals surface area contributed by atoms with Gasteiger partial charge in [-0.2, -0.15) is 0 Å². The van der Waals surface area contributed by atoms with Crippen molar-refractivity contribution in [3.63, 3.8) is 0 Å². The molecule has 1 saturated carbocycles. The van der Waals surface area contributed by atoms with Gasteiger partial charge in [-0.15, -0.1) is 0 Å². The van der Waals surface area contributed by atoms with Crippen LogP contribution in [0.4, 0.5) is 0 Å². The van der Waals surface area contributed by atoms with Crippen LogP contribution in [0.25, 0.3) is 0 Å². The molecule has 0 aliphatic heterocycles. The van der Waals surface area contributed by atoms with Gasteiger partial charge in [0.25, 0.3) is 0 Å². The summed E-state index contributed by atoms with van der Waals surface area (Å²) in [4.78, 5) is 0. The Morgan fingerprint density at radius 1 is 1.29 bits per heavy atom. The van der Waals surface area contributed by atoms with Crippen LogP contribution in [-0.2, 0) is 0 Å². The van der Waals surface area contributed by atoms with Crippen molar-refractivity contribution in [2.45, 2.75) is 48.0 Å². The zero-order chi connectivity index (χ0) is 10.7. The molecule has 80 valence electrons. The van der Waals surface area contributed by atoms with E-state index in [1.165, 1.54) is 6.42 Å². The lowest BCUT2D eigenvalue weighted by Crippen LogP contribution is -2.54. The second kappa shape index (κ2) is 2.65. The van der Waals surface area contributed by atoms with Gasteiger partial charge in [0.15, 0.2) is 0 Å². The van der Waals surface area contributed by atoms with Crippen LogP contribution < -0.4 is 0 Å². The van der Waals surface area contributed by atoms with Crippen LogP contribution in [0.3, 0.4) is 0 Å². The van der Waals surface area contributed by atoms with E-state index in [1.807, 2.05) is 0 Å². The van der Waals surface area contributed by atoms with E-state index in [2.05, 4.69) is 47.6 Å². The molecule has 0 radical (unpaired) electrons. The first-order chi connectivity index (χ1) is 6.24. The van der Waals surface area contributed by atoms with Crippen LogP contribution in [0.2, 0.25) is 0 Å². The summed E-state index contributed by atoms with van der Waals surface area (Å²) in [7, 11) is 0. The van der Waals surface area contributed by atoms with Crippen LogP contribution in [0.1, 0.15) is 48.0 Å². The molecule has 3 unspecified atom stereocenters. The molecule has 3 atom stereocenters. The first-order valence-corrected chi connectivity index (χ1v) is 5.93. The van der Waals surface area contributed by atoms with Gasteiger partial charge in [0.05, 0.1) is 0 Å². The largest absolute Gasteiger partial charge is 0.0814 e. The van der Waals surface area contributed by atoms with Crippen molar-refractivity contribution in [2.75, 3.05) is 0 Å². The predicted octanol–water partition coefficient (Wildman–Crippen LogP) is 4.27. The van der Waals surface area contributed by atoms with Crippen molar-refractivity contribution in [3.05, 3.63) is 11.6 Å². The second-order valence-corrected chi connectivity index (χ2v) is 7.02. The first-order valence-electron chi connectivity index (χ1n) is 5.93. The normalized spacial score (nSPS) is 40.1. The van der Waals surface area contributed by atoms with E-state index in [0.29, 0.717) is 10.8 Å². The minimum atomic E-state index is 0.439. The van der Waals surface area contributed by atoms with E-state index in [1.54, 1.807) is 5.57 Å². The van der Waals surface area contributed by atoms with E-state index < -0.39 is 0 Å². The van der Waals surface area contributed by atoms with Gasteiger partial charge in [0, 0.05) is 0 Å². The van der Waals surface area contributed by atoms with E-state index in [4.69, 9.17) is 0 Å². The lowest BCUT2D eigenvalue weighted by Gasteiger charge is -2.61. The third kappa shape index (κ3) is 1.19. The average Bonchev–Trinajstić information content (AvgIpc) is 2.00. The molecule has 0 heterocycles. The van der Waals surface area contributed by atoms with Gasteiger partial charge in [-0.05, 0) is 41.9 Å². The summed E-state index contributed by atoms with van der Waals surface area (Å²) in [5.41, 5.74) is 2.66. The van der Waals surface area contributed by atoms with Crippen LogP contribution >= 0.6 is 0 Å². The predicted molar refractivity (Wildman–Crippen MR) is 62.1 cm³/mol. The summed E-state index contributed by atoms with van der Waals surface area (Å²) in [6.07, 6.45) is 4.00. The molecule has 3 aliphatic rings. The molecule has 0 saturated heterocycles. The SMILES string of the molecule is CC1=CC(C(C)(C)C)C2CC1C2(C)C. The van der Waals surface area contributed by atoms with Crippen molar-refractivity contribution < 1.29 is 0 Å². The number of rotatable bonds is 0. The minimum absolute atomic E-state index is 0.439. The Labute approximate surface area is 88.8 Å². The first kappa shape index (κ1) is 10.3. The van der Waals surface area contributed by atoms with Crippen LogP contribution in [0, 0.1) is 28.6 Å². The van der Waals surface area contributed by atoms with Crippen molar-refractivity contribution >= 4 is 0 Å². The highest BCUT2D eigenvalue weighted by Crippen LogP contribution is 2.63. The molecule has 0 aromatic heterocycles. The third-order valence-electron chi connectivity index (χ3n) is 4.77. The zero-order valence-corrected chi connectivity index (χ0v) is 10.5. The van der Waals surface area contributed by atoms with Crippen molar-refractivity contribution in [3.8, 4) is 0 Å². The Morgan fingerprint density at radius 3 is 2.21 bits per heavy atom. The summed E-state index contributed by atoms with van der Waals surface area (Å²) in [6.45, 7) is 14.4. The molecule has 3 aliphatic carbocycles. The Kier molecular flexibility index (Phi) is 1.94. The van der Waals surface area contributed by atoms with Gasteiger partial charge in [-0.1, -0.05) is 46.3 Å². The highest BCUT2D eigenvalue weighted by Gasteiger charge is 2.56. The molecule has 0 N–H and O–H groups in total. The fourth-order valence-corrected chi connectivity index (χ4v) is 3.71. The minimum Gasteiger partial charge on any atom is -0.0814 e. The maximum Gasteiger partial charge on any atom is -0.0148 e. The quantitative estimate of drug-likeness (QED) is 0.503. The summed E-state index contributed by atoms with van der Waals surface area (Å²) < 4.78 is 0. The highest BCUT2D eigenvalue weighted by molar-refractivity contribution is 5.25. The molecule has 3 rings (SSSR count). The van der Waals surface area contributed by atoms with Crippen LogP contribution in [-0.4, -0.2) is 0 Å². The molecule has 0 amide bonds. The van der Waals surface area contributed by atoms with Gasteiger partial charge in [0.2, 0.25) is 0 Å². The van der Waals surface area contributed by atoms with Crippen LogP contribution in [0.15, 0.2) is 11.6 Å². The molecular formula is C14H24. The lowest BCUT2D eigenvalue weighted by atomic mass is 9.43.